The van der Waals surface area contributed by atoms with Crippen LogP contribution < -0.4 is 11.1 Å². The van der Waals surface area contributed by atoms with Gasteiger partial charge in [-0.3, -0.25) is 9.69 Å². The van der Waals surface area contributed by atoms with E-state index in [0.717, 1.165) is 17.0 Å². The minimum absolute atomic E-state index is 0.0298. The number of aromatic nitrogens is 2. The number of hydrogen-bond donors (Lipinski definition) is 2. The molecule has 1 aliphatic heterocycles. The normalized spacial score (nSPS) is 16.5. The Hall–Kier alpha value is -3.15. The number of piperazine rings is 1. The minimum atomic E-state index is -3.76. The van der Waals surface area contributed by atoms with Crippen LogP contribution in [-0.4, -0.2) is 65.7 Å². The van der Waals surface area contributed by atoms with Crippen LogP contribution in [0.5, 0.6) is 0 Å². The van der Waals surface area contributed by atoms with Crippen molar-refractivity contribution in [2.45, 2.75) is 31.3 Å². The summed E-state index contributed by atoms with van der Waals surface area (Å²) in [6, 6.07) is 12.0. The van der Waals surface area contributed by atoms with E-state index in [9.17, 15) is 17.6 Å². The Morgan fingerprint density at radius 3 is 2.46 bits per heavy atom. The second-order valence-electron chi connectivity index (χ2n) is 8.91. The van der Waals surface area contributed by atoms with Crippen molar-refractivity contribution in [3.63, 3.8) is 0 Å². The van der Waals surface area contributed by atoms with Gasteiger partial charge in [0, 0.05) is 31.6 Å². The summed E-state index contributed by atoms with van der Waals surface area (Å²) in [5, 5.41) is 3.97. The lowest BCUT2D eigenvalue weighted by Crippen LogP contribution is -2.48. The van der Waals surface area contributed by atoms with Gasteiger partial charge in [-0.25, -0.2) is 22.8 Å². The molecule has 1 atom stereocenters. The predicted octanol–water partition coefficient (Wildman–Crippen LogP) is 2.20. The molecule has 2 aromatic carbocycles. The summed E-state index contributed by atoms with van der Waals surface area (Å²) in [5.74, 6) is 0.0197. The van der Waals surface area contributed by atoms with Crippen LogP contribution in [0.15, 0.2) is 53.4 Å². The third-order valence-electron chi connectivity index (χ3n) is 6.05. The lowest BCUT2D eigenvalue weighted by atomic mass is 10.0. The summed E-state index contributed by atoms with van der Waals surface area (Å²) in [7, 11) is -3.76. The zero-order valence-corrected chi connectivity index (χ0v) is 20.5. The molecule has 3 aromatic rings. The Morgan fingerprint density at radius 1 is 1.09 bits per heavy atom. The Balaban J connectivity index is 1.50. The number of primary amides is 1. The van der Waals surface area contributed by atoms with E-state index in [-0.39, 0.29) is 23.9 Å². The van der Waals surface area contributed by atoms with Crippen molar-refractivity contribution in [2.24, 2.45) is 11.7 Å². The minimum Gasteiger partial charge on any atom is -0.368 e. The zero-order valence-electron chi connectivity index (χ0n) is 19.7. The first kappa shape index (κ1) is 25.0. The molecule has 35 heavy (non-hydrogen) atoms. The molecule has 1 aliphatic rings. The number of benzene rings is 2. The van der Waals surface area contributed by atoms with Crippen LogP contribution in [0.25, 0.3) is 10.9 Å². The molecule has 0 radical (unpaired) electrons. The van der Waals surface area contributed by atoms with Crippen molar-refractivity contribution in [1.82, 2.24) is 19.2 Å². The highest BCUT2D eigenvalue weighted by Gasteiger charge is 2.29. The van der Waals surface area contributed by atoms with Gasteiger partial charge >= 0.3 is 0 Å². The highest BCUT2D eigenvalue weighted by atomic mass is 32.2. The van der Waals surface area contributed by atoms with Crippen molar-refractivity contribution in [3.05, 3.63) is 60.2 Å². The quantitative estimate of drug-likeness (QED) is 0.486. The molecule has 0 bridgehead atoms. The summed E-state index contributed by atoms with van der Waals surface area (Å²) in [6.45, 7) is 5.72. The monoisotopic (exact) mass is 500 g/mol. The Kier molecular flexibility index (Phi) is 7.29. The SMILES string of the molecule is CC(C)[C@H](Nc1nc(CN2CCN(S(=O)(=O)c3cccc(F)c3)CC2)nc2ccccc12)C(N)=O. The van der Waals surface area contributed by atoms with Gasteiger partial charge in [0.15, 0.2) is 0 Å². The molecule has 1 amide bonds. The Labute approximate surface area is 204 Å². The third-order valence-corrected chi connectivity index (χ3v) is 7.94. The van der Waals surface area contributed by atoms with E-state index in [1.807, 2.05) is 38.1 Å². The van der Waals surface area contributed by atoms with Crippen molar-refractivity contribution < 1.29 is 17.6 Å². The van der Waals surface area contributed by atoms with Crippen LogP contribution in [0.2, 0.25) is 0 Å². The third kappa shape index (κ3) is 5.58. The number of rotatable bonds is 8. The van der Waals surface area contributed by atoms with Crippen LogP contribution in [0, 0.1) is 11.7 Å². The van der Waals surface area contributed by atoms with Gasteiger partial charge in [0.25, 0.3) is 0 Å². The van der Waals surface area contributed by atoms with E-state index >= 15 is 0 Å². The number of fused-ring (bicyclic) bond motifs is 1. The average Bonchev–Trinajstić information content (AvgIpc) is 2.82. The van der Waals surface area contributed by atoms with Crippen LogP contribution in [-0.2, 0) is 21.4 Å². The molecule has 2 heterocycles. The lowest BCUT2D eigenvalue weighted by molar-refractivity contribution is -0.119. The highest BCUT2D eigenvalue weighted by Crippen LogP contribution is 2.24. The first-order valence-corrected chi connectivity index (χ1v) is 12.9. The summed E-state index contributed by atoms with van der Waals surface area (Å²) < 4.78 is 40.7. The van der Waals surface area contributed by atoms with Crippen molar-refractivity contribution >= 4 is 32.7 Å². The maximum Gasteiger partial charge on any atom is 0.243 e. The van der Waals surface area contributed by atoms with Gasteiger partial charge in [-0.1, -0.05) is 32.0 Å². The van der Waals surface area contributed by atoms with Gasteiger partial charge in [0.2, 0.25) is 15.9 Å². The molecule has 4 rings (SSSR count). The summed E-state index contributed by atoms with van der Waals surface area (Å²) >= 11 is 0. The van der Waals surface area contributed by atoms with Gasteiger partial charge in [0.05, 0.1) is 17.0 Å². The van der Waals surface area contributed by atoms with Gasteiger partial charge in [-0.2, -0.15) is 4.31 Å². The summed E-state index contributed by atoms with van der Waals surface area (Å²) in [6.07, 6.45) is 0. The summed E-state index contributed by atoms with van der Waals surface area (Å²) in [5.41, 5.74) is 6.32. The highest BCUT2D eigenvalue weighted by molar-refractivity contribution is 7.89. The smallest absolute Gasteiger partial charge is 0.243 e. The number of para-hydroxylation sites is 1. The number of nitrogens with two attached hydrogens (primary N) is 1. The number of carbonyl (C=O) groups is 1. The van der Waals surface area contributed by atoms with Gasteiger partial charge in [-0.15, -0.1) is 0 Å². The fraction of sp³-hybridized carbons (Fsp3) is 0.375. The number of halogens is 1. The van der Waals surface area contributed by atoms with Crippen LogP contribution >= 0.6 is 0 Å². The topological polar surface area (TPSA) is 122 Å². The molecule has 0 aliphatic carbocycles. The maximum absolute atomic E-state index is 13.5. The van der Waals surface area contributed by atoms with Gasteiger partial charge in [0.1, 0.15) is 23.5 Å². The lowest BCUT2D eigenvalue weighted by Gasteiger charge is -2.33. The Morgan fingerprint density at radius 2 is 1.80 bits per heavy atom. The number of nitrogens with one attached hydrogen (secondary N) is 1. The summed E-state index contributed by atoms with van der Waals surface area (Å²) in [4.78, 5) is 23.3. The van der Waals surface area contributed by atoms with Crippen molar-refractivity contribution in [3.8, 4) is 0 Å². The van der Waals surface area contributed by atoms with Gasteiger partial charge in [-0.05, 0) is 36.2 Å². The molecule has 9 nitrogen and oxygen atoms in total. The fourth-order valence-electron chi connectivity index (χ4n) is 4.12. The van der Waals surface area contributed by atoms with E-state index in [1.54, 1.807) is 0 Å². The molecule has 11 heteroatoms. The molecule has 0 unspecified atom stereocenters. The van der Waals surface area contributed by atoms with E-state index in [0.29, 0.717) is 31.3 Å². The number of amides is 1. The first-order chi connectivity index (χ1) is 16.6. The molecular formula is C24H29FN6O3S. The molecule has 3 N–H and O–H groups in total. The molecule has 186 valence electrons. The number of hydrogen-bond acceptors (Lipinski definition) is 7. The van der Waals surface area contributed by atoms with Crippen molar-refractivity contribution in [2.75, 3.05) is 31.5 Å². The average molecular weight is 501 g/mol. The number of nitrogens with zero attached hydrogens (tertiary/aromatic N) is 4. The number of sulfonamides is 1. The van der Waals surface area contributed by atoms with E-state index in [2.05, 4.69) is 20.2 Å². The van der Waals surface area contributed by atoms with E-state index in [4.69, 9.17) is 5.73 Å². The molecule has 1 saturated heterocycles. The zero-order chi connectivity index (χ0) is 25.2. The van der Waals surface area contributed by atoms with E-state index in [1.165, 1.54) is 22.5 Å². The molecule has 0 saturated carbocycles. The fourth-order valence-corrected chi connectivity index (χ4v) is 5.58. The second-order valence-corrected chi connectivity index (χ2v) is 10.8. The van der Waals surface area contributed by atoms with Crippen LogP contribution in [0.1, 0.15) is 19.7 Å². The predicted molar refractivity (Wildman–Crippen MR) is 131 cm³/mol. The molecule has 0 spiro atoms. The second kappa shape index (κ2) is 10.2. The van der Waals surface area contributed by atoms with Crippen LogP contribution in [0.4, 0.5) is 10.2 Å². The van der Waals surface area contributed by atoms with E-state index < -0.39 is 27.8 Å². The standard InChI is InChI=1S/C24H29FN6O3S/c1-16(2)22(23(26)32)29-24-19-8-3-4-9-20(19)27-21(28-24)15-30-10-12-31(13-11-30)35(33,34)18-7-5-6-17(25)14-18/h3-9,14,16,22H,10-13,15H2,1-2H3,(H2,26,32)(H,27,28,29)/t22-/m0/s1. The number of carbonyl (C=O) groups excluding carboxylic acids is 1. The van der Waals surface area contributed by atoms with Crippen LogP contribution in [0.3, 0.4) is 0 Å². The molecule has 1 fully saturated rings. The van der Waals surface area contributed by atoms with Crippen molar-refractivity contribution in [1.29, 1.82) is 0 Å². The molecular weight excluding hydrogens is 471 g/mol. The maximum atomic E-state index is 13.5. The molecule has 1 aromatic heterocycles. The Bertz CT molecular complexity index is 1330. The first-order valence-electron chi connectivity index (χ1n) is 11.4. The number of anilines is 1. The van der Waals surface area contributed by atoms with Gasteiger partial charge < -0.3 is 11.1 Å². The largest absolute Gasteiger partial charge is 0.368 e.